The molecule has 2 saturated carbocycles. The van der Waals surface area contributed by atoms with E-state index in [1.54, 1.807) is 0 Å². The second-order valence-corrected chi connectivity index (χ2v) is 8.25. The van der Waals surface area contributed by atoms with Gasteiger partial charge in [0.1, 0.15) is 0 Å². The van der Waals surface area contributed by atoms with Crippen LogP contribution in [0.15, 0.2) is 24.3 Å². The number of rotatable bonds is 6. The van der Waals surface area contributed by atoms with Crippen molar-refractivity contribution in [2.24, 2.45) is 5.92 Å². The Labute approximate surface area is 151 Å². The third-order valence-corrected chi connectivity index (χ3v) is 6.76. The van der Waals surface area contributed by atoms with E-state index in [4.69, 9.17) is 5.26 Å². The molecule has 25 heavy (non-hydrogen) atoms. The van der Waals surface area contributed by atoms with Crippen LogP contribution in [0, 0.1) is 17.2 Å². The van der Waals surface area contributed by atoms with Gasteiger partial charge in [-0.1, -0.05) is 12.1 Å². The molecule has 0 aromatic heterocycles. The van der Waals surface area contributed by atoms with Crippen LogP contribution >= 0.6 is 0 Å². The van der Waals surface area contributed by atoms with Crippen molar-refractivity contribution in [2.45, 2.75) is 37.1 Å². The Morgan fingerprint density at radius 1 is 1.20 bits per heavy atom. The van der Waals surface area contributed by atoms with Gasteiger partial charge < -0.3 is 15.1 Å². The Morgan fingerprint density at radius 3 is 2.64 bits per heavy atom. The van der Waals surface area contributed by atoms with E-state index in [0.717, 1.165) is 18.0 Å². The number of fused-ring (bicyclic) bond motifs is 1. The number of hydrogen-bond donors (Lipinski definition) is 1. The van der Waals surface area contributed by atoms with Gasteiger partial charge in [0, 0.05) is 37.6 Å². The molecule has 1 aromatic carbocycles. The normalized spacial score (nSPS) is 32.3. The van der Waals surface area contributed by atoms with E-state index >= 15 is 0 Å². The zero-order chi connectivity index (χ0) is 17.3. The molecule has 134 valence electrons. The molecule has 2 aliphatic carbocycles. The first kappa shape index (κ1) is 17.0. The second kappa shape index (κ2) is 7.07. The first-order valence-electron chi connectivity index (χ1n) is 9.86. The van der Waals surface area contributed by atoms with E-state index in [-0.39, 0.29) is 0 Å². The molecule has 0 amide bonds. The van der Waals surface area contributed by atoms with E-state index < -0.39 is 0 Å². The molecule has 4 heteroatoms. The quantitative estimate of drug-likeness (QED) is 0.808. The maximum Gasteiger partial charge on any atom is 0.0991 e. The first-order chi connectivity index (χ1) is 12.2. The monoisotopic (exact) mass is 338 g/mol. The fourth-order valence-corrected chi connectivity index (χ4v) is 5.02. The van der Waals surface area contributed by atoms with Gasteiger partial charge in [0.2, 0.25) is 0 Å². The number of piperazine rings is 1. The molecular formula is C21H30N4. The predicted molar refractivity (Wildman–Crippen MR) is 101 cm³/mol. The highest BCUT2D eigenvalue weighted by molar-refractivity contribution is 5.41. The van der Waals surface area contributed by atoms with Gasteiger partial charge in [-0.25, -0.2) is 0 Å². The molecule has 1 aromatic rings. The predicted octanol–water partition coefficient (Wildman–Crippen LogP) is 2.21. The van der Waals surface area contributed by atoms with Crippen LogP contribution in [0.2, 0.25) is 0 Å². The zero-order valence-electron chi connectivity index (χ0n) is 15.4. The molecule has 1 heterocycles. The Balaban J connectivity index is 1.21. The average molecular weight is 338 g/mol. The second-order valence-electron chi connectivity index (χ2n) is 8.25. The van der Waals surface area contributed by atoms with Crippen molar-refractivity contribution < 1.29 is 0 Å². The maximum absolute atomic E-state index is 8.97. The molecule has 0 bridgehead atoms. The SMILES string of the molecule is CN1CCN(CCCN[C@@H]2CC[C@@]3(c4ccc(C#N)cc4)C[C@@H]23)CC1. The van der Waals surface area contributed by atoms with Crippen molar-refractivity contribution >= 4 is 0 Å². The van der Waals surface area contributed by atoms with Gasteiger partial charge >= 0.3 is 0 Å². The summed E-state index contributed by atoms with van der Waals surface area (Å²) in [5.41, 5.74) is 2.65. The fraction of sp³-hybridized carbons (Fsp3) is 0.667. The molecule has 1 aliphatic heterocycles. The van der Waals surface area contributed by atoms with E-state index in [0.29, 0.717) is 11.5 Å². The molecule has 0 radical (unpaired) electrons. The minimum absolute atomic E-state index is 0.420. The van der Waals surface area contributed by atoms with Crippen molar-refractivity contribution in [3.05, 3.63) is 35.4 Å². The van der Waals surface area contributed by atoms with Crippen molar-refractivity contribution in [1.29, 1.82) is 5.26 Å². The van der Waals surface area contributed by atoms with Crippen LogP contribution < -0.4 is 5.32 Å². The highest BCUT2D eigenvalue weighted by atomic mass is 15.2. The minimum Gasteiger partial charge on any atom is -0.314 e. The summed E-state index contributed by atoms with van der Waals surface area (Å²) in [6.45, 7) is 7.27. The summed E-state index contributed by atoms with van der Waals surface area (Å²) in [5, 5.41) is 12.8. The largest absolute Gasteiger partial charge is 0.314 e. The van der Waals surface area contributed by atoms with Gasteiger partial charge in [-0.2, -0.15) is 5.26 Å². The summed E-state index contributed by atoms with van der Waals surface area (Å²) in [6.07, 6.45) is 5.20. The minimum atomic E-state index is 0.420. The Morgan fingerprint density at radius 2 is 1.96 bits per heavy atom. The molecular weight excluding hydrogens is 308 g/mol. The van der Waals surface area contributed by atoms with Crippen LogP contribution in [0.3, 0.4) is 0 Å². The van der Waals surface area contributed by atoms with E-state index in [1.807, 2.05) is 12.1 Å². The highest BCUT2D eigenvalue weighted by Crippen LogP contribution is 2.64. The molecule has 0 spiro atoms. The molecule has 4 nitrogen and oxygen atoms in total. The smallest absolute Gasteiger partial charge is 0.0991 e. The Bertz CT molecular complexity index is 626. The number of nitrogens with one attached hydrogen (secondary N) is 1. The lowest BCUT2D eigenvalue weighted by Crippen LogP contribution is -2.45. The summed E-state index contributed by atoms with van der Waals surface area (Å²) in [4.78, 5) is 5.03. The van der Waals surface area contributed by atoms with Gasteiger partial charge in [0.25, 0.3) is 0 Å². The van der Waals surface area contributed by atoms with Crippen LogP contribution in [0.1, 0.15) is 36.8 Å². The standard InChI is InChI=1S/C21H30N4/c1-24-11-13-25(14-12-24)10-2-9-23-20-7-8-21(15-19(20)21)18-5-3-17(16-22)4-6-18/h3-6,19-20,23H,2,7-15H2,1H3/t19-,20+,21-/m0/s1. The number of nitriles is 1. The summed E-state index contributed by atoms with van der Waals surface area (Å²) in [5.74, 6) is 0.809. The van der Waals surface area contributed by atoms with Crippen molar-refractivity contribution in [2.75, 3.05) is 46.3 Å². The Hall–Kier alpha value is -1.41. The molecule has 3 fully saturated rings. The van der Waals surface area contributed by atoms with Crippen LogP contribution in [0.4, 0.5) is 0 Å². The molecule has 3 aliphatic rings. The van der Waals surface area contributed by atoms with E-state index in [2.05, 4.69) is 40.4 Å². The van der Waals surface area contributed by atoms with Crippen LogP contribution in [0.5, 0.6) is 0 Å². The lowest BCUT2D eigenvalue weighted by atomic mass is 9.93. The highest BCUT2D eigenvalue weighted by Gasteiger charge is 2.61. The first-order valence-corrected chi connectivity index (χ1v) is 9.86. The molecule has 4 rings (SSSR count). The molecule has 3 atom stereocenters. The van der Waals surface area contributed by atoms with Crippen molar-refractivity contribution in [1.82, 2.24) is 15.1 Å². The van der Waals surface area contributed by atoms with Gasteiger partial charge in [0.15, 0.2) is 0 Å². The van der Waals surface area contributed by atoms with Gasteiger partial charge in [0.05, 0.1) is 11.6 Å². The lowest BCUT2D eigenvalue weighted by molar-refractivity contribution is 0.152. The average Bonchev–Trinajstić information content (AvgIpc) is 3.29. The van der Waals surface area contributed by atoms with Crippen molar-refractivity contribution in [3.63, 3.8) is 0 Å². The van der Waals surface area contributed by atoms with Gasteiger partial charge in [-0.3, -0.25) is 0 Å². The molecule has 1 N–H and O–H groups in total. The molecule has 1 saturated heterocycles. The third-order valence-electron chi connectivity index (χ3n) is 6.76. The van der Waals surface area contributed by atoms with E-state index in [9.17, 15) is 0 Å². The third kappa shape index (κ3) is 3.46. The fourth-order valence-electron chi connectivity index (χ4n) is 5.02. The molecule has 0 unspecified atom stereocenters. The van der Waals surface area contributed by atoms with Crippen molar-refractivity contribution in [3.8, 4) is 6.07 Å². The number of benzene rings is 1. The summed E-state index contributed by atoms with van der Waals surface area (Å²) in [6, 6.07) is 11.3. The number of likely N-dealkylation sites (N-methyl/N-ethyl adjacent to an activating group) is 1. The zero-order valence-corrected chi connectivity index (χ0v) is 15.4. The topological polar surface area (TPSA) is 42.3 Å². The summed E-state index contributed by atoms with van der Waals surface area (Å²) in [7, 11) is 2.22. The Kier molecular flexibility index (Phi) is 4.82. The van der Waals surface area contributed by atoms with Crippen LogP contribution in [0.25, 0.3) is 0 Å². The van der Waals surface area contributed by atoms with Crippen LogP contribution in [-0.2, 0) is 5.41 Å². The maximum atomic E-state index is 8.97. The number of hydrogen-bond acceptors (Lipinski definition) is 4. The van der Waals surface area contributed by atoms with Gasteiger partial charge in [-0.15, -0.1) is 0 Å². The summed E-state index contributed by atoms with van der Waals surface area (Å²) >= 11 is 0. The number of nitrogens with zero attached hydrogens (tertiary/aromatic N) is 3. The lowest BCUT2D eigenvalue weighted by Gasteiger charge is -2.32. The summed E-state index contributed by atoms with van der Waals surface area (Å²) < 4.78 is 0. The van der Waals surface area contributed by atoms with Gasteiger partial charge in [-0.05, 0) is 69.4 Å². The van der Waals surface area contributed by atoms with Crippen LogP contribution in [-0.4, -0.2) is 62.2 Å². The van der Waals surface area contributed by atoms with E-state index in [1.165, 1.54) is 64.0 Å².